The minimum atomic E-state index is -0.481. The summed E-state index contributed by atoms with van der Waals surface area (Å²) in [6.45, 7) is 10.2. The Morgan fingerprint density at radius 2 is 1.78 bits per heavy atom. The van der Waals surface area contributed by atoms with Crippen molar-refractivity contribution in [3.05, 3.63) is 0 Å². The molecule has 0 aliphatic carbocycles. The Labute approximate surface area is 111 Å². The van der Waals surface area contributed by atoms with E-state index < -0.39 is 11.7 Å². The first-order valence-electron chi connectivity index (χ1n) is 6.29. The second-order valence-electron chi connectivity index (χ2n) is 6.07. The van der Waals surface area contributed by atoms with Gasteiger partial charge in [0.2, 0.25) is 0 Å². The van der Waals surface area contributed by atoms with Crippen LogP contribution in [0.3, 0.4) is 0 Å². The zero-order chi connectivity index (χ0) is 14.4. The summed E-state index contributed by atoms with van der Waals surface area (Å²) in [7, 11) is 3.52. The van der Waals surface area contributed by atoms with Crippen LogP contribution < -0.4 is 10.6 Å². The smallest absolute Gasteiger partial charge is 0.407 e. The number of likely N-dealkylation sites (N-methyl/N-ethyl adjacent to an activating group) is 1. The lowest BCUT2D eigenvalue weighted by Gasteiger charge is -2.30. The largest absolute Gasteiger partial charge is 0.444 e. The Hall–Kier alpha value is -0.810. The van der Waals surface area contributed by atoms with Crippen molar-refractivity contribution in [3.8, 4) is 0 Å². The van der Waals surface area contributed by atoms with Gasteiger partial charge in [-0.1, -0.05) is 0 Å². The maximum atomic E-state index is 11.7. The summed E-state index contributed by atoms with van der Waals surface area (Å²) >= 11 is 0. The first-order chi connectivity index (χ1) is 8.09. The monoisotopic (exact) mass is 260 g/mol. The number of rotatable bonds is 6. The van der Waals surface area contributed by atoms with Gasteiger partial charge in [-0.2, -0.15) is 0 Å². The van der Waals surface area contributed by atoms with E-state index >= 15 is 0 Å². The molecule has 0 spiro atoms. The average Bonchev–Trinajstić information content (AvgIpc) is 2.14. The predicted octanol–water partition coefficient (Wildman–Crippen LogP) is 1.91. The Morgan fingerprint density at radius 1 is 1.22 bits per heavy atom. The van der Waals surface area contributed by atoms with Crippen LogP contribution in [0.15, 0.2) is 0 Å². The number of hydrogen-bond donors (Lipinski definition) is 2. The summed E-state index contributed by atoms with van der Waals surface area (Å²) in [6.07, 6.45) is 0.318. The highest BCUT2D eigenvalue weighted by Crippen LogP contribution is 2.16. The van der Waals surface area contributed by atoms with Crippen molar-refractivity contribution >= 4 is 6.09 Å². The van der Waals surface area contributed by atoms with Crippen LogP contribution in [0, 0.1) is 0 Å². The first kappa shape index (κ1) is 17.2. The van der Waals surface area contributed by atoms with Crippen LogP contribution in [0.1, 0.15) is 41.0 Å². The van der Waals surface area contributed by atoms with Gasteiger partial charge in [0, 0.05) is 19.7 Å². The number of carbonyl (C=O) groups excluding carboxylic acids is 1. The third-order valence-corrected chi connectivity index (χ3v) is 2.46. The number of methoxy groups -OCH3 is 1. The third-order valence-electron chi connectivity index (χ3n) is 2.46. The molecule has 0 radical (unpaired) electrons. The molecule has 0 bridgehead atoms. The molecule has 0 aromatic carbocycles. The van der Waals surface area contributed by atoms with Crippen LogP contribution in [-0.4, -0.2) is 44.0 Å². The van der Waals surface area contributed by atoms with E-state index in [4.69, 9.17) is 9.47 Å². The molecule has 0 fully saturated rings. The Bertz CT molecular complexity index is 259. The van der Waals surface area contributed by atoms with Gasteiger partial charge in [0.05, 0.1) is 5.60 Å². The van der Waals surface area contributed by atoms with Gasteiger partial charge in [0.1, 0.15) is 5.60 Å². The lowest BCUT2D eigenvalue weighted by molar-refractivity contribution is 0.00464. The molecule has 18 heavy (non-hydrogen) atoms. The summed E-state index contributed by atoms with van der Waals surface area (Å²) < 4.78 is 10.6. The summed E-state index contributed by atoms with van der Waals surface area (Å²) in [5.41, 5.74) is -0.762. The van der Waals surface area contributed by atoms with Crippen molar-refractivity contribution in [2.45, 2.75) is 58.3 Å². The van der Waals surface area contributed by atoms with Crippen molar-refractivity contribution in [2.24, 2.45) is 0 Å². The van der Waals surface area contributed by atoms with Crippen molar-refractivity contribution in [3.63, 3.8) is 0 Å². The molecular weight excluding hydrogens is 232 g/mol. The molecule has 0 aromatic rings. The number of amides is 1. The van der Waals surface area contributed by atoms with Gasteiger partial charge in [-0.15, -0.1) is 0 Å². The van der Waals surface area contributed by atoms with Crippen molar-refractivity contribution < 1.29 is 14.3 Å². The van der Waals surface area contributed by atoms with Crippen LogP contribution >= 0.6 is 0 Å². The summed E-state index contributed by atoms with van der Waals surface area (Å²) in [4.78, 5) is 11.7. The van der Waals surface area contributed by atoms with E-state index in [0.717, 1.165) is 0 Å². The van der Waals surface area contributed by atoms with E-state index in [1.807, 2.05) is 41.7 Å². The van der Waals surface area contributed by atoms with E-state index in [2.05, 4.69) is 10.6 Å². The van der Waals surface area contributed by atoms with E-state index in [9.17, 15) is 4.79 Å². The SMILES string of the molecule is CNCC(CC(C)(C)OC)NC(=O)OC(C)(C)C. The maximum absolute atomic E-state index is 11.7. The van der Waals surface area contributed by atoms with E-state index in [1.165, 1.54) is 0 Å². The quantitative estimate of drug-likeness (QED) is 0.766. The number of hydrogen-bond acceptors (Lipinski definition) is 4. The lowest BCUT2D eigenvalue weighted by atomic mass is 9.99. The minimum Gasteiger partial charge on any atom is -0.444 e. The molecular formula is C13H28N2O3. The molecule has 0 saturated carbocycles. The Balaban J connectivity index is 4.40. The normalized spacial score (nSPS) is 14.2. The first-order valence-corrected chi connectivity index (χ1v) is 6.29. The second kappa shape index (κ2) is 6.95. The molecule has 0 saturated heterocycles. The van der Waals surface area contributed by atoms with Crippen LogP contribution in [-0.2, 0) is 9.47 Å². The van der Waals surface area contributed by atoms with Gasteiger partial charge in [-0.05, 0) is 48.1 Å². The van der Waals surface area contributed by atoms with Gasteiger partial charge in [-0.25, -0.2) is 4.79 Å². The fourth-order valence-corrected chi connectivity index (χ4v) is 1.57. The molecule has 1 unspecified atom stereocenters. The van der Waals surface area contributed by atoms with Gasteiger partial charge >= 0.3 is 6.09 Å². The molecule has 0 heterocycles. The topological polar surface area (TPSA) is 59.6 Å². The molecule has 0 aliphatic heterocycles. The fourth-order valence-electron chi connectivity index (χ4n) is 1.57. The summed E-state index contributed by atoms with van der Waals surface area (Å²) in [5.74, 6) is 0. The third kappa shape index (κ3) is 8.31. The van der Waals surface area contributed by atoms with Crippen molar-refractivity contribution in [1.82, 2.24) is 10.6 Å². The number of carbonyl (C=O) groups is 1. The molecule has 0 rings (SSSR count). The number of alkyl carbamates (subject to hydrolysis) is 1. The van der Waals surface area contributed by atoms with Crippen molar-refractivity contribution in [2.75, 3.05) is 20.7 Å². The summed E-state index contributed by atoms with van der Waals surface area (Å²) in [6, 6.07) is -0.0280. The zero-order valence-electron chi connectivity index (χ0n) is 12.7. The van der Waals surface area contributed by atoms with Crippen molar-refractivity contribution in [1.29, 1.82) is 0 Å². The Kier molecular flexibility index (Phi) is 6.63. The highest BCUT2D eigenvalue weighted by Gasteiger charge is 2.25. The highest BCUT2D eigenvalue weighted by molar-refractivity contribution is 5.68. The predicted molar refractivity (Wildman–Crippen MR) is 72.8 cm³/mol. The molecule has 2 N–H and O–H groups in total. The molecule has 5 nitrogen and oxygen atoms in total. The second-order valence-corrected chi connectivity index (χ2v) is 6.07. The van der Waals surface area contributed by atoms with E-state index in [0.29, 0.717) is 13.0 Å². The minimum absolute atomic E-state index is 0.0280. The maximum Gasteiger partial charge on any atom is 0.407 e. The Morgan fingerprint density at radius 3 is 2.17 bits per heavy atom. The molecule has 5 heteroatoms. The van der Waals surface area contributed by atoms with Gasteiger partial charge in [-0.3, -0.25) is 0 Å². The zero-order valence-corrected chi connectivity index (χ0v) is 12.7. The van der Waals surface area contributed by atoms with Crippen LogP contribution in [0.5, 0.6) is 0 Å². The molecule has 108 valence electrons. The van der Waals surface area contributed by atoms with Gasteiger partial charge < -0.3 is 20.1 Å². The van der Waals surface area contributed by atoms with Crippen LogP contribution in [0.4, 0.5) is 4.79 Å². The molecule has 0 aromatic heterocycles. The van der Waals surface area contributed by atoms with Crippen LogP contribution in [0.25, 0.3) is 0 Å². The fraction of sp³-hybridized carbons (Fsp3) is 0.923. The highest BCUT2D eigenvalue weighted by atomic mass is 16.6. The van der Waals surface area contributed by atoms with E-state index in [-0.39, 0.29) is 11.6 Å². The molecule has 1 amide bonds. The standard InChI is InChI=1S/C13H28N2O3/c1-12(2,3)18-11(16)15-10(9-14-6)8-13(4,5)17-7/h10,14H,8-9H2,1-7H3,(H,15,16). The molecule has 0 aliphatic rings. The number of nitrogens with one attached hydrogen (secondary N) is 2. The van der Waals surface area contributed by atoms with Gasteiger partial charge in [0.15, 0.2) is 0 Å². The lowest BCUT2D eigenvalue weighted by Crippen LogP contribution is -2.47. The average molecular weight is 260 g/mol. The summed E-state index contributed by atoms with van der Waals surface area (Å²) in [5, 5.41) is 5.92. The van der Waals surface area contributed by atoms with Gasteiger partial charge in [0.25, 0.3) is 0 Å². The molecule has 1 atom stereocenters. The van der Waals surface area contributed by atoms with Crippen LogP contribution in [0.2, 0.25) is 0 Å². The van der Waals surface area contributed by atoms with E-state index in [1.54, 1.807) is 7.11 Å². The number of ether oxygens (including phenoxy) is 2.